The predicted molar refractivity (Wildman–Crippen MR) is 115 cm³/mol. The summed E-state index contributed by atoms with van der Waals surface area (Å²) in [7, 11) is 0. The molecule has 0 bridgehead atoms. The number of nitrogens with one attached hydrogen (secondary N) is 1. The Morgan fingerprint density at radius 2 is 1.83 bits per heavy atom. The van der Waals surface area contributed by atoms with Gasteiger partial charge in [0.25, 0.3) is 6.01 Å². The van der Waals surface area contributed by atoms with Gasteiger partial charge in [-0.2, -0.15) is 4.98 Å². The van der Waals surface area contributed by atoms with E-state index in [4.69, 9.17) is 27.9 Å². The summed E-state index contributed by atoms with van der Waals surface area (Å²) in [4.78, 5) is 7.59. The second-order valence-electron chi connectivity index (χ2n) is 6.74. The molecule has 162 valence electrons. The second-order valence-corrected chi connectivity index (χ2v) is 8.38. The van der Waals surface area contributed by atoms with Crippen molar-refractivity contribution in [3.05, 3.63) is 43.8 Å². The number of rotatable bonds is 6. The summed E-state index contributed by atoms with van der Waals surface area (Å²) in [5.74, 6) is -0.0677. The van der Waals surface area contributed by atoms with E-state index in [9.17, 15) is 13.2 Å². The third kappa shape index (κ3) is 4.81. The van der Waals surface area contributed by atoms with Crippen molar-refractivity contribution in [2.75, 3.05) is 0 Å². The number of ether oxygens (including phenoxy) is 2. The number of imidazole rings is 1. The molecule has 3 aromatic rings. The SMILES string of the molecule is CCC(CC)c1cc(C)c(Cl)c2[nH]c(Oc3c(Cl)cc(OC(F)(F)F)cc3Br)nc12. The molecule has 1 heterocycles. The Kier molecular flexibility index (Phi) is 6.79. The zero-order valence-corrected chi connectivity index (χ0v) is 19.4. The molecule has 1 N–H and O–H groups in total. The summed E-state index contributed by atoms with van der Waals surface area (Å²) in [6, 6.07) is 4.28. The van der Waals surface area contributed by atoms with Crippen LogP contribution in [0.3, 0.4) is 0 Å². The standard InChI is InChI=1S/C20H18BrCl2F3N2O2/c1-4-10(5-2)12-6-9(3)15(23)17-16(12)27-19(28-17)29-18-13(21)7-11(8-14(18)22)30-20(24,25)26/h6-8,10H,4-5H2,1-3H3,(H,27,28). The molecule has 4 nitrogen and oxygen atoms in total. The zero-order chi connectivity index (χ0) is 22.2. The van der Waals surface area contributed by atoms with Crippen LogP contribution in [-0.4, -0.2) is 16.3 Å². The third-order valence-electron chi connectivity index (χ3n) is 4.72. The molecule has 0 spiro atoms. The van der Waals surface area contributed by atoms with Gasteiger partial charge in [0.2, 0.25) is 0 Å². The van der Waals surface area contributed by atoms with Crippen molar-refractivity contribution in [1.29, 1.82) is 0 Å². The number of aromatic amines is 1. The van der Waals surface area contributed by atoms with Crippen LogP contribution in [-0.2, 0) is 0 Å². The average molecular weight is 526 g/mol. The zero-order valence-electron chi connectivity index (χ0n) is 16.3. The number of alkyl halides is 3. The molecule has 0 unspecified atom stereocenters. The quantitative estimate of drug-likeness (QED) is 0.350. The van der Waals surface area contributed by atoms with E-state index in [2.05, 4.69) is 44.5 Å². The number of hydrogen-bond donors (Lipinski definition) is 1. The van der Waals surface area contributed by atoms with Crippen LogP contribution in [0.2, 0.25) is 10.0 Å². The van der Waals surface area contributed by atoms with E-state index < -0.39 is 12.1 Å². The third-order valence-corrected chi connectivity index (χ3v) is 6.08. The largest absolute Gasteiger partial charge is 0.573 e. The number of benzene rings is 2. The molecule has 0 saturated carbocycles. The van der Waals surface area contributed by atoms with E-state index in [1.54, 1.807) is 0 Å². The van der Waals surface area contributed by atoms with Crippen LogP contribution in [0.5, 0.6) is 17.5 Å². The van der Waals surface area contributed by atoms with E-state index in [0.29, 0.717) is 22.0 Å². The van der Waals surface area contributed by atoms with Gasteiger partial charge in [-0.3, -0.25) is 0 Å². The lowest BCUT2D eigenvalue weighted by molar-refractivity contribution is -0.274. The van der Waals surface area contributed by atoms with Crippen molar-refractivity contribution in [2.24, 2.45) is 0 Å². The molecule has 0 aliphatic carbocycles. The van der Waals surface area contributed by atoms with Gasteiger partial charge in [0.1, 0.15) is 5.75 Å². The van der Waals surface area contributed by atoms with Crippen LogP contribution in [0.15, 0.2) is 22.7 Å². The van der Waals surface area contributed by atoms with Crippen molar-refractivity contribution >= 4 is 50.2 Å². The van der Waals surface area contributed by atoms with Crippen LogP contribution >= 0.6 is 39.1 Å². The monoisotopic (exact) mass is 524 g/mol. The molecule has 0 aliphatic rings. The fourth-order valence-electron chi connectivity index (χ4n) is 3.29. The van der Waals surface area contributed by atoms with Crippen molar-refractivity contribution < 1.29 is 22.6 Å². The lowest BCUT2D eigenvalue weighted by Gasteiger charge is -2.15. The van der Waals surface area contributed by atoms with Gasteiger partial charge in [-0.1, -0.05) is 43.1 Å². The Morgan fingerprint density at radius 3 is 2.40 bits per heavy atom. The van der Waals surface area contributed by atoms with E-state index in [-0.39, 0.29) is 21.3 Å². The first-order chi connectivity index (χ1) is 14.0. The first-order valence-electron chi connectivity index (χ1n) is 9.15. The average Bonchev–Trinajstić information content (AvgIpc) is 3.06. The van der Waals surface area contributed by atoms with Crippen molar-refractivity contribution in [1.82, 2.24) is 9.97 Å². The molecule has 30 heavy (non-hydrogen) atoms. The fraction of sp³-hybridized carbons (Fsp3) is 0.350. The molecule has 2 aromatic carbocycles. The maximum atomic E-state index is 12.5. The maximum Gasteiger partial charge on any atom is 0.573 e. The van der Waals surface area contributed by atoms with Gasteiger partial charge in [0, 0.05) is 6.07 Å². The summed E-state index contributed by atoms with van der Waals surface area (Å²) in [6.07, 6.45) is -2.95. The molecular weight excluding hydrogens is 508 g/mol. The molecule has 0 atom stereocenters. The summed E-state index contributed by atoms with van der Waals surface area (Å²) in [5.41, 5.74) is 3.30. The molecule has 0 radical (unpaired) electrons. The number of fused-ring (bicyclic) bond motifs is 1. The minimum atomic E-state index is -4.83. The van der Waals surface area contributed by atoms with Gasteiger partial charge < -0.3 is 14.5 Å². The molecule has 1 aromatic heterocycles. The molecule has 0 aliphatic heterocycles. The number of aromatic nitrogens is 2. The Morgan fingerprint density at radius 1 is 1.17 bits per heavy atom. The van der Waals surface area contributed by atoms with E-state index >= 15 is 0 Å². The van der Waals surface area contributed by atoms with Crippen LogP contribution in [0.4, 0.5) is 13.2 Å². The molecule has 10 heteroatoms. The smallest absolute Gasteiger partial charge is 0.423 e. The first-order valence-corrected chi connectivity index (χ1v) is 10.7. The van der Waals surface area contributed by atoms with Crippen LogP contribution in [0.25, 0.3) is 11.0 Å². The molecule has 0 fully saturated rings. The lowest BCUT2D eigenvalue weighted by atomic mass is 9.91. The molecule has 0 amide bonds. The molecular formula is C20H18BrCl2F3N2O2. The highest BCUT2D eigenvalue weighted by Gasteiger charge is 2.32. The normalized spacial score (nSPS) is 12.1. The van der Waals surface area contributed by atoms with Crippen LogP contribution in [0, 0.1) is 6.92 Å². The highest BCUT2D eigenvalue weighted by molar-refractivity contribution is 9.10. The second kappa shape index (κ2) is 8.85. The Hall–Kier alpha value is -1.64. The Balaban J connectivity index is 2.03. The van der Waals surface area contributed by atoms with E-state index in [0.717, 1.165) is 36.1 Å². The van der Waals surface area contributed by atoms with Gasteiger partial charge in [0.05, 0.1) is 25.6 Å². The van der Waals surface area contributed by atoms with Crippen LogP contribution in [0.1, 0.15) is 43.7 Å². The molecule has 3 rings (SSSR count). The number of hydrogen-bond acceptors (Lipinski definition) is 3. The maximum absolute atomic E-state index is 12.5. The van der Waals surface area contributed by atoms with Crippen molar-refractivity contribution in [3.63, 3.8) is 0 Å². The number of nitrogens with zero attached hydrogens (tertiary/aromatic N) is 1. The number of aryl methyl sites for hydroxylation is 1. The van der Waals surface area contributed by atoms with E-state index in [1.165, 1.54) is 0 Å². The van der Waals surface area contributed by atoms with Crippen molar-refractivity contribution in [3.8, 4) is 17.5 Å². The Labute approximate surface area is 189 Å². The van der Waals surface area contributed by atoms with Gasteiger partial charge in [0.15, 0.2) is 5.75 Å². The van der Waals surface area contributed by atoms with Gasteiger partial charge in [-0.25, -0.2) is 0 Å². The topological polar surface area (TPSA) is 47.1 Å². The minimum Gasteiger partial charge on any atom is -0.423 e. The predicted octanol–water partition coefficient (Wildman–Crippen LogP) is 8.54. The van der Waals surface area contributed by atoms with Gasteiger partial charge >= 0.3 is 6.36 Å². The number of halogens is 6. The summed E-state index contributed by atoms with van der Waals surface area (Å²) in [6.45, 7) is 6.13. The lowest BCUT2D eigenvalue weighted by Crippen LogP contribution is -2.17. The highest BCUT2D eigenvalue weighted by atomic mass is 79.9. The van der Waals surface area contributed by atoms with Gasteiger partial charge in [-0.05, 0) is 58.8 Å². The summed E-state index contributed by atoms with van der Waals surface area (Å²) >= 11 is 15.8. The highest BCUT2D eigenvalue weighted by Crippen LogP contribution is 2.42. The van der Waals surface area contributed by atoms with Crippen LogP contribution < -0.4 is 9.47 Å². The summed E-state index contributed by atoms with van der Waals surface area (Å²) < 4.78 is 47.2. The summed E-state index contributed by atoms with van der Waals surface area (Å²) in [5, 5.41) is 0.452. The van der Waals surface area contributed by atoms with Crippen molar-refractivity contribution in [2.45, 2.75) is 45.9 Å². The van der Waals surface area contributed by atoms with Gasteiger partial charge in [-0.15, -0.1) is 13.2 Å². The first kappa shape index (κ1) is 23.0. The fourth-order valence-corrected chi connectivity index (χ4v) is 4.37. The molecule has 0 saturated heterocycles. The van der Waals surface area contributed by atoms with E-state index in [1.807, 2.05) is 13.0 Å². The Bertz CT molecular complexity index is 1060. The number of H-pyrrole nitrogens is 1. The minimum absolute atomic E-state index is 0.0772.